The summed E-state index contributed by atoms with van der Waals surface area (Å²) in [6, 6.07) is -0.158. The van der Waals surface area contributed by atoms with Crippen molar-refractivity contribution in [3.63, 3.8) is 0 Å². The zero-order valence-corrected chi connectivity index (χ0v) is 12.0. The predicted molar refractivity (Wildman–Crippen MR) is 66.6 cm³/mol. The first kappa shape index (κ1) is 15.9. The van der Waals surface area contributed by atoms with Crippen molar-refractivity contribution in [2.75, 3.05) is 33.7 Å². The molecule has 1 fully saturated rings. The SMILES string of the molecule is CC(C(=O)C(F)(F)F)c1nc(C2CN(C)CCN2C)no1. The number of likely N-dealkylation sites (N-methyl/N-ethyl adjacent to an activating group) is 2. The summed E-state index contributed by atoms with van der Waals surface area (Å²) in [5.41, 5.74) is 0. The molecule has 1 saturated heterocycles. The van der Waals surface area contributed by atoms with Crippen LogP contribution in [-0.4, -0.2) is 65.6 Å². The van der Waals surface area contributed by atoms with Crippen LogP contribution in [0, 0.1) is 0 Å². The second-order valence-corrected chi connectivity index (χ2v) is 5.33. The smallest absolute Gasteiger partial charge is 0.339 e. The van der Waals surface area contributed by atoms with Crippen molar-refractivity contribution in [2.24, 2.45) is 0 Å². The lowest BCUT2D eigenvalue weighted by Crippen LogP contribution is -2.45. The van der Waals surface area contributed by atoms with Gasteiger partial charge in [-0.3, -0.25) is 9.69 Å². The zero-order chi connectivity index (χ0) is 15.8. The third kappa shape index (κ3) is 3.41. The van der Waals surface area contributed by atoms with Gasteiger partial charge in [0.25, 0.3) is 0 Å². The number of aromatic nitrogens is 2. The number of nitrogens with zero attached hydrogens (tertiary/aromatic N) is 4. The van der Waals surface area contributed by atoms with Crippen LogP contribution < -0.4 is 0 Å². The lowest BCUT2D eigenvalue weighted by Gasteiger charge is -2.35. The maximum Gasteiger partial charge on any atom is 0.450 e. The van der Waals surface area contributed by atoms with Crippen molar-refractivity contribution >= 4 is 5.78 Å². The molecule has 118 valence electrons. The molecule has 0 amide bonds. The molecule has 0 aliphatic carbocycles. The Morgan fingerprint density at radius 2 is 2.05 bits per heavy atom. The Morgan fingerprint density at radius 1 is 1.38 bits per heavy atom. The van der Waals surface area contributed by atoms with E-state index in [4.69, 9.17) is 4.52 Å². The van der Waals surface area contributed by atoms with Crippen molar-refractivity contribution in [3.8, 4) is 0 Å². The molecule has 2 rings (SSSR count). The maximum atomic E-state index is 12.4. The zero-order valence-electron chi connectivity index (χ0n) is 12.0. The second kappa shape index (κ2) is 5.72. The highest BCUT2D eigenvalue weighted by Crippen LogP contribution is 2.28. The van der Waals surface area contributed by atoms with Gasteiger partial charge >= 0.3 is 6.18 Å². The van der Waals surface area contributed by atoms with Crippen LogP contribution >= 0.6 is 0 Å². The summed E-state index contributed by atoms with van der Waals surface area (Å²) in [6.07, 6.45) is -4.91. The van der Waals surface area contributed by atoms with Gasteiger partial charge in [-0.05, 0) is 21.0 Å². The summed E-state index contributed by atoms with van der Waals surface area (Å²) in [5, 5.41) is 3.74. The molecule has 0 aromatic carbocycles. The van der Waals surface area contributed by atoms with Crippen LogP contribution in [0.5, 0.6) is 0 Å². The Morgan fingerprint density at radius 3 is 2.67 bits per heavy atom. The monoisotopic (exact) mass is 306 g/mol. The first-order chi connectivity index (χ1) is 9.70. The minimum atomic E-state index is -4.91. The summed E-state index contributed by atoms with van der Waals surface area (Å²) in [4.78, 5) is 19.3. The highest BCUT2D eigenvalue weighted by atomic mass is 19.4. The van der Waals surface area contributed by atoms with Crippen molar-refractivity contribution in [3.05, 3.63) is 11.7 Å². The number of alkyl halides is 3. The van der Waals surface area contributed by atoms with Gasteiger partial charge in [0.15, 0.2) is 5.82 Å². The van der Waals surface area contributed by atoms with E-state index in [9.17, 15) is 18.0 Å². The molecule has 2 heterocycles. The number of rotatable bonds is 3. The molecule has 1 aromatic heterocycles. The van der Waals surface area contributed by atoms with Gasteiger partial charge in [0.2, 0.25) is 11.7 Å². The topological polar surface area (TPSA) is 62.5 Å². The van der Waals surface area contributed by atoms with Gasteiger partial charge < -0.3 is 9.42 Å². The fraction of sp³-hybridized carbons (Fsp3) is 0.750. The van der Waals surface area contributed by atoms with Gasteiger partial charge in [0.1, 0.15) is 5.92 Å². The molecule has 2 unspecified atom stereocenters. The quantitative estimate of drug-likeness (QED) is 0.837. The Balaban J connectivity index is 2.16. The van der Waals surface area contributed by atoms with E-state index in [0.717, 1.165) is 20.0 Å². The number of ketones is 1. The molecule has 1 aliphatic heterocycles. The average Bonchev–Trinajstić information content (AvgIpc) is 2.88. The summed E-state index contributed by atoms with van der Waals surface area (Å²) >= 11 is 0. The maximum absolute atomic E-state index is 12.4. The molecule has 0 radical (unpaired) electrons. The summed E-state index contributed by atoms with van der Waals surface area (Å²) in [7, 11) is 3.83. The summed E-state index contributed by atoms with van der Waals surface area (Å²) in [5.74, 6) is -3.36. The van der Waals surface area contributed by atoms with E-state index in [2.05, 4.69) is 15.0 Å². The van der Waals surface area contributed by atoms with E-state index in [-0.39, 0.29) is 11.9 Å². The Hall–Kier alpha value is -1.48. The fourth-order valence-corrected chi connectivity index (χ4v) is 2.21. The van der Waals surface area contributed by atoms with Crippen molar-refractivity contribution in [2.45, 2.75) is 25.1 Å². The van der Waals surface area contributed by atoms with E-state index < -0.39 is 17.9 Å². The van der Waals surface area contributed by atoms with E-state index in [1.807, 2.05) is 19.0 Å². The molecule has 0 spiro atoms. The number of piperazine rings is 1. The molecule has 0 saturated carbocycles. The Labute approximate surface area is 119 Å². The molecule has 1 aliphatic rings. The number of halogens is 3. The Bertz CT molecular complexity index is 517. The molecular weight excluding hydrogens is 289 g/mol. The van der Waals surface area contributed by atoms with Crippen LogP contribution in [0.2, 0.25) is 0 Å². The van der Waals surface area contributed by atoms with Gasteiger partial charge in [-0.1, -0.05) is 5.16 Å². The minimum absolute atomic E-state index is 0.158. The third-order valence-corrected chi connectivity index (χ3v) is 3.65. The van der Waals surface area contributed by atoms with Crippen molar-refractivity contribution < 1.29 is 22.5 Å². The van der Waals surface area contributed by atoms with Gasteiger partial charge in [0.05, 0.1) is 6.04 Å². The standard InChI is InChI=1S/C12H17F3N4O2/c1-7(9(20)12(13,14)15)11-16-10(17-21-11)8-6-18(2)4-5-19(8)3/h7-8H,4-6H2,1-3H3. The number of Topliss-reactive ketones (excluding diaryl/α,β-unsaturated/α-hetero) is 1. The van der Waals surface area contributed by atoms with Crippen LogP contribution in [0.3, 0.4) is 0 Å². The van der Waals surface area contributed by atoms with Crippen molar-refractivity contribution in [1.82, 2.24) is 19.9 Å². The van der Waals surface area contributed by atoms with Gasteiger partial charge in [0, 0.05) is 19.6 Å². The van der Waals surface area contributed by atoms with Gasteiger partial charge in [-0.2, -0.15) is 18.2 Å². The molecule has 1 aromatic rings. The third-order valence-electron chi connectivity index (χ3n) is 3.65. The van der Waals surface area contributed by atoms with E-state index >= 15 is 0 Å². The number of carbonyl (C=O) groups excluding carboxylic acids is 1. The minimum Gasteiger partial charge on any atom is -0.339 e. The van der Waals surface area contributed by atoms with E-state index in [0.29, 0.717) is 12.4 Å². The summed E-state index contributed by atoms with van der Waals surface area (Å²) < 4.78 is 42.1. The number of carbonyl (C=O) groups is 1. The average molecular weight is 306 g/mol. The van der Waals surface area contributed by atoms with Crippen LogP contribution in [0.4, 0.5) is 13.2 Å². The van der Waals surface area contributed by atoms with Crippen LogP contribution in [-0.2, 0) is 4.79 Å². The first-order valence-electron chi connectivity index (χ1n) is 6.53. The molecular formula is C12H17F3N4O2. The van der Waals surface area contributed by atoms with Gasteiger partial charge in [-0.15, -0.1) is 0 Å². The number of hydrogen-bond acceptors (Lipinski definition) is 6. The molecule has 21 heavy (non-hydrogen) atoms. The molecule has 0 bridgehead atoms. The van der Waals surface area contributed by atoms with Crippen LogP contribution in [0.1, 0.15) is 30.6 Å². The fourth-order valence-electron chi connectivity index (χ4n) is 2.21. The first-order valence-corrected chi connectivity index (χ1v) is 6.53. The lowest BCUT2D eigenvalue weighted by atomic mass is 10.1. The number of hydrogen-bond donors (Lipinski definition) is 0. The second-order valence-electron chi connectivity index (χ2n) is 5.33. The van der Waals surface area contributed by atoms with Crippen molar-refractivity contribution in [1.29, 1.82) is 0 Å². The Kier molecular flexibility index (Phi) is 4.33. The van der Waals surface area contributed by atoms with Crippen LogP contribution in [0.15, 0.2) is 4.52 Å². The predicted octanol–water partition coefficient (Wildman–Crippen LogP) is 1.22. The van der Waals surface area contributed by atoms with E-state index in [1.165, 1.54) is 0 Å². The van der Waals surface area contributed by atoms with E-state index in [1.54, 1.807) is 0 Å². The highest BCUT2D eigenvalue weighted by Gasteiger charge is 2.44. The molecule has 9 heteroatoms. The van der Waals surface area contributed by atoms with Crippen LogP contribution in [0.25, 0.3) is 0 Å². The largest absolute Gasteiger partial charge is 0.450 e. The summed E-state index contributed by atoms with van der Waals surface area (Å²) in [6.45, 7) is 3.45. The molecule has 6 nitrogen and oxygen atoms in total. The van der Waals surface area contributed by atoms with Gasteiger partial charge in [-0.25, -0.2) is 0 Å². The molecule has 0 N–H and O–H groups in total. The normalized spacial score (nSPS) is 23.2. The molecule has 2 atom stereocenters. The lowest BCUT2D eigenvalue weighted by molar-refractivity contribution is -0.172. The highest BCUT2D eigenvalue weighted by molar-refractivity contribution is 5.89.